The molecule has 1 saturated carbocycles. The Bertz CT molecular complexity index is 491. The Labute approximate surface area is 141 Å². The number of likely N-dealkylation sites (tertiary alicyclic amines) is 1. The Balaban J connectivity index is 1.37. The molecule has 6 heteroatoms. The number of nitrogens with one attached hydrogen (secondary N) is 1. The number of thiazole rings is 1. The van der Waals surface area contributed by atoms with E-state index >= 15 is 0 Å². The van der Waals surface area contributed by atoms with E-state index < -0.39 is 0 Å². The first-order valence-corrected chi connectivity index (χ1v) is 10.1. The summed E-state index contributed by atoms with van der Waals surface area (Å²) in [6.45, 7) is 4.81. The molecule has 122 valence electrons. The van der Waals surface area contributed by atoms with Gasteiger partial charge in [0.15, 0.2) is 0 Å². The molecule has 1 aliphatic carbocycles. The van der Waals surface area contributed by atoms with Crippen LogP contribution < -0.4 is 5.32 Å². The highest BCUT2D eigenvalue weighted by atomic mass is 32.2. The Morgan fingerprint density at radius 3 is 2.73 bits per heavy atom. The summed E-state index contributed by atoms with van der Waals surface area (Å²) in [4.78, 5) is 18.9. The predicted octanol–water partition coefficient (Wildman–Crippen LogP) is 3.07. The van der Waals surface area contributed by atoms with Gasteiger partial charge in [0.05, 0.1) is 6.54 Å². The van der Waals surface area contributed by atoms with Gasteiger partial charge in [0.1, 0.15) is 4.34 Å². The van der Waals surface area contributed by atoms with Gasteiger partial charge in [0, 0.05) is 22.4 Å². The number of nitrogens with zero attached hydrogens (tertiary/aromatic N) is 2. The molecule has 1 amide bonds. The summed E-state index contributed by atoms with van der Waals surface area (Å²) >= 11 is 3.67. The standard InChI is InChI=1S/C16H25N3OS2/c1-12-11-21-16(17-12)22-14-6-4-13(5-7-14)18-15(20)10-19-8-2-3-9-19/h11,13-14H,2-10H2,1H3,(H,18,20). The lowest BCUT2D eigenvalue weighted by Gasteiger charge is -2.28. The van der Waals surface area contributed by atoms with Gasteiger partial charge in [-0.2, -0.15) is 0 Å². The zero-order valence-corrected chi connectivity index (χ0v) is 14.8. The van der Waals surface area contributed by atoms with Crippen molar-refractivity contribution in [3.63, 3.8) is 0 Å². The number of hydrogen-bond acceptors (Lipinski definition) is 5. The van der Waals surface area contributed by atoms with Crippen molar-refractivity contribution in [3.8, 4) is 0 Å². The minimum atomic E-state index is 0.216. The molecule has 0 atom stereocenters. The van der Waals surface area contributed by atoms with E-state index in [1.807, 2.05) is 18.7 Å². The van der Waals surface area contributed by atoms with Crippen molar-refractivity contribution >= 4 is 29.0 Å². The van der Waals surface area contributed by atoms with Crippen molar-refractivity contribution in [2.24, 2.45) is 0 Å². The number of thioether (sulfide) groups is 1. The van der Waals surface area contributed by atoms with E-state index in [0.717, 1.165) is 31.6 Å². The summed E-state index contributed by atoms with van der Waals surface area (Å²) in [5.41, 5.74) is 1.12. The Hall–Kier alpha value is -0.590. The molecule has 3 rings (SSSR count). The Morgan fingerprint density at radius 2 is 2.09 bits per heavy atom. The minimum Gasteiger partial charge on any atom is -0.352 e. The highest BCUT2D eigenvalue weighted by molar-refractivity contribution is 8.01. The molecule has 22 heavy (non-hydrogen) atoms. The fourth-order valence-corrected chi connectivity index (χ4v) is 5.56. The quantitative estimate of drug-likeness (QED) is 0.895. The molecule has 0 aromatic carbocycles. The summed E-state index contributed by atoms with van der Waals surface area (Å²) in [5.74, 6) is 0.216. The Morgan fingerprint density at radius 1 is 1.36 bits per heavy atom. The van der Waals surface area contributed by atoms with Crippen molar-refractivity contribution in [1.29, 1.82) is 0 Å². The lowest BCUT2D eigenvalue weighted by molar-refractivity contribution is -0.122. The maximum Gasteiger partial charge on any atom is 0.234 e. The number of rotatable bonds is 5. The summed E-state index contributed by atoms with van der Waals surface area (Å²) in [6.07, 6.45) is 7.05. The average molecular weight is 340 g/mol. The first-order valence-electron chi connectivity index (χ1n) is 8.29. The van der Waals surface area contributed by atoms with E-state index in [1.165, 1.54) is 30.0 Å². The summed E-state index contributed by atoms with van der Waals surface area (Å²) < 4.78 is 1.19. The molecule has 2 fully saturated rings. The van der Waals surface area contributed by atoms with Crippen molar-refractivity contribution in [3.05, 3.63) is 11.1 Å². The van der Waals surface area contributed by atoms with Crippen LogP contribution in [0, 0.1) is 6.92 Å². The Kier molecular flexibility index (Phi) is 5.77. The number of carbonyl (C=O) groups is 1. The fourth-order valence-electron chi connectivity index (χ4n) is 3.27. The van der Waals surface area contributed by atoms with Gasteiger partial charge >= 0.3 is 0 Å². The molecule has 0 unspecified atom stereocenters. The number of aromatic nitrogens is 1. The molecule has 1 N–H and O–H groups in total. The van der Waals surface area contributed by atoms with Crippen LogP contribution in [0.3, 0.4) is 0 Å². The largest absolute Gasteiger partial charge is 0.352 e. The second kappa shape index (κ2) is 7.79. The predicted molar refractivity (Wildman–Crippen MR) is 92.6 cm³/mol. The zero-order valence-electron chi connectivity index (χ0n) is 13.2. The van der Waals surface area contributed by atoms with Gasteiger partial charge in [0.25, 0.3) is 0 Å². The highest BCUT2D eigenvalue weighted by Gasteiger charge is 2.24. The van der Waals surface area contributed by atoms with E-state index in [2.05, 4.69) is 20.6 Å². The number of carbonyl (C=O) groups excluding carboxylic acids is 1. The number of amides is 1. The van der Waals surface area contributed by atoms with Crippen molar-refractivity contribution in [2.45, 2.75) is 61.1 Å². The van der Waals surface area contributed by atoms with E-state index in [9.17, 15) is 4.79 Å². The minimum absolute atomic E-state index is 0.216. The summed E-state index contributed by atoms with van der Waals surface area (Å²) in [6, 6.07) is 0.380. The fraction of sp³-hybridized carbons (Fsp3) is 0.750. The van der Waals surface area contributed by atoms with Gasteiger partial charge in [-0.1, -0.05) is 11.8 Å². The maximum absolute atomic E-state index is 12.1. The molecule has 2 aliphatic rings. The van der Waals surface area contributed by atoms with Gasteiger partial charge in [-0.25, -0.2) is 4.98 Å². The molecule has 0 spiro atoms. The van der Waals surface area contributed by atoms with Crippen LogP contribution in [0.25, 0.3) is 0 Å². The average Bonchev–Trinajstić information content (AvgIpc) is 3.13. The van der Waals surface area contributed by atoms with Gasteiger partial charge in [-0.3, -0.25) is 9.69 Å². The van der Waals surface area contributed by atoms with Crippen LogP contribution in [-0.4, -0.2) is 46.7 Å². The first kappa shape index (κ1) is 16.3. The molecular weight excluding hydrogens is 314 g/mol. The normalized spacial score (nSPS) is 26.2. The van der Waals surface area contributed by atoms with Gasteiger partial charge in [0.2, 0.25) is 5.91 Å². The molecule has 4 nitrogen and oxygen atoms in total. The van der Waals surface area contributed by atoms with Crippen molar-refractivity contribution in [1.82, 2.24) is 15.2 Å². The third kappa shape index (κ3) is 4.70. The second-order valence-electron chi connectivity index (χ2n) is 6.40. The molecule has 0 bridgehead atoms. The maximum atomic E-state index is 12.1. The molecule has 1 saturated heterocycles. The zero-order chi connectivity index (χ0) is 15.4. The lowest BCUT2D eigenvalue weighted by atomic mass is 9.95. The van der Waals surface area contributed by atoms with Gasteiger partial charge in [-0.05, 0) is 58.5 Å². The molecule has 1 aliphatic heterocycles. The van der Waals surface area contributed by atoms with Crippen LogP contribution >= 0.6 is 23.1 Å². The monoisotopic (exact) mass is 339 g/mol. The van der Waals surface area contributed by atoms with E-state index in [0.29, 0.717) is 17.8 Å². The van der Waals surface area contributed by atoms with E-state index in [-0.39, 0.29) is 5.91 Å². The topological polar surface area (TPSA) is 45.2 Å². The van der Waals surface area contributed by atoms with E-state index in [1.54, 1.807) is 11.3 Å². The summed E-state index contributed by atoms with van der Waals surface area (Å²) in [5, 5.41) is 6.01. The van der Waals surface area contributed by atoms with Crippen LogP contribution in [0.1, 0.15) is 44.2 Å². The van der Waals surface area contributed by atoms with Crippen molar-refractivity contribution < 1.29 is 4.79 Å². The second-order valence-corrected chi connectivity index (χ2v) is 8.80. The summed E-state index contributed by atoms with van der Waals surface area (Å²) in [7, 11) is 0. The highest BCUT2D eigenvalue weighted by Crippen LogP contribution is 2.35. The van der Waals surface area contributed by atoms with Crippen LogP contribution in [0.5, 0.6) is 0 Å². The number of aryl methyl sites for hydroxylation is 1. The molecule has 0 radical (unpaired) electrons. The third-order valence-corrected chi connectivity index (χ3v) is 6.90. The number of hydrogen-bond donors (Lipinski definition) is 1. The van der Waals surface area contributed by atoms with Gasteiger partial charge in [-0.15, -0.1) is 11.3 Å². The molecule has 1 aromatic rings. The SMILES string of the molecule is Cc1csc(SC2CCC(NC(=O)CN3CCCC3)CC2)n1. The first-order chi connectivity index (χ1) is 10.7. The van der Waals surface area contributed by atoms with Crippen LogP contribution in [0.4, 0.5) is 0 Å². The van der Waals surface area contributed by atoms with Gasteiger partial charge < -0.3 is 5.32 Å². The lowest BCUT2D eigenvalue weighted by Crippen LogP contribution is -2.43. The van der Waals surface area contributed by atoms with Crippen LogP contribution in [-0.2, 0) is 4.79 Å². The molecule has 1 aromatic heterocycles. The van der Waals surface area contributed by atoms with Crippen molar-refractivity contribution in [2.75, 3.05) is 19.6 Å². The smallest absolute Gasteiger partial charge is 0.234 e. The molecular formula is C16H25N3OS2. The van der Waals surface area contributed by atoms with E-state index in [4.69, 9.17) is 0 Å². The van der Waals surface area contributed by atoms with Crippen LogP contribution in [0.2, 0.25) is 0 Å². The molecule has 2 heterocycles. The third-order valence-electron chi connectivity index (χ3n) is 4.47. The van der Waals surface area contributed by atoms with Crippen LogP contribution in [0.15, 0.2) is 9.72 Å².